The van der Waals surface area contributed by atoms with E-state index < -0.39 is 12.2 Å². The standard InChI is InChI=1S/C13H12ClIN2O4/c1-6(5-17-13(19)20)21-12-8(7(2)18)3-10(14)9(4-16)11(12)15/h3,6,17H,5H2,1-2H3,(H,19,20). The van der Waals surface area contributed by atoms with Crippen LogP contribution in [0.1, 0.15) is 29.8 Å². The number of benzene rings is 1. The summed E-state index contributed by atoms with van der Waals surface area (Å²) in [5, 5.41) is 20.0. The van der Waals surface area contributed by atoms with E-state index in [1.54, 1.807) is 6.92 Å². The Labute approximate surface area is 140 Å². The van der Waals surface area contributed by atoms with E-state index in [1.165, 1.54) is 13.0 Å². The highest BCUT2D eigenvalue weighted by molar-refractivity contribution is 14.1. The van der Waals surface area contributed by atoms with E-state index >= 15 is 0 Å². The van der Waals surface area contributed by atoms with Gasteiger partial charge in [0.05, 0.1) is 26.3 Å². The minimum absolute atomic E-state index is 0.0489. The molecule has 1 aromatic carbocycles. The van der Waals surface area contributed by atoms with Crippen molar-refractivity contribution in [2.24, 2.45) is 0 Å². The average molecular weight is 423 g/mol. The third-order valence-corrected chi connectivity index (χ3v) is 3.85. The molecule has 0 saturated carbocycles. The molecule has 1 unspecified atom stereocenters. The zero-order valence-corrected chi connectivity index (χ0v) is 14.2. The molecular weight excluding hydrogens is 411 g/mol. The molecule has 0 aliphatic carbocycles. The highest BCUT2D eigenvalue weighted by Crippen LogP contribution is 2.34. The van der Waals surface area contributed by atoms with Gasteiger partial charge in [-0.2, -0.15) is 5.26 Å². The Morgan fingerprint density at radius 2 is 2.24 bits per heavy atom. The first-order chi connectivity index (χ1) is 9.77. The van der Waals surface area contributed by atoms with Crippen LogP contribution in [0.5, 0.6) is 5.75 Å². The van der Waals surface area contributed by atoms with Crippen LogP contribution in [0, 0.1) is 14.9 Å². The van der Waals surface area contributed by atoms with E-state index in [2.05, 4.69) is 5.32 Å². The lowest BCUT2D eigenvalue weighted by Crippen LogP contribution is -2.32. The summed E-state index contributed by atoms with van der Waals surface area (Å²) >= 11 is 7.84. The number of Topliss-reactive ketones (excluding diaryl/α,β-unsaturated/α-hetero) is 1. The fourth-order valence-electron chi connectivity index (χ4n) is 1.55. The summed E-state index contributed by atoms with van der Waals surface area (Å²) in [7, 11) is 0. The van der Waals surface area contributed by atoms with Crippen molar-refractivity contribution in [2.75, 3.05) is 6.54 Å². The van der Waals surface area contributed by atoms with Crippen LogP contribution in [0.4, 0.5) is 4.79 Å². The fraction of sp³-hybridized carbons (Fsp3) is 0.308. The molecule has 0 bridgehead atoms. The van der Waals surface area contributed by atoms with Gasteiger partial charge in [0.1, 0.15) is 17.9 Å². The highest BCUT2D eigenvalue weighted by atomic mass is 127. The lowest BCUT2D eigenvalue weighted by atomic mass is 10.1. The summed E-state index contributed by atoms with van der Waals surface area (Å²) in [6.45, 7) is 3.06. The van der Waals surface area contributed by atoms with Crippen molar-refractivity contribution in [1.29, 1.82) is 5.26 Å². The third-order valence-electron chi connectivity index (χ3n) is 2.52. The summed E-state index contributed by atoms with van der Waals surface area (Å²) in [5.74, 6) is -0.0172. The molecule has 0 aliphatic rings. The third kappa shape index (κ3) is 4.47. The number of nitriles is 1. The van der Waals surface area contributed by atoms with Gasteiger partial charge in [0, 0.05) is 0 Å². The molecule has 1 atom stereocenters. The molecule has 1 rings (SSSR count). The van der Waals surface area contributed by atoms with Crippen LogP contribution in [0.15, 0.2) is 6.07 Å². The maximum atomic E-state index is 11.7. The van der Waals surface area contributed by atoms with E-state index in [9.17, 15) is 9.59 Å². The number of nitrogens with one attached hydrogen (secondary N) is 1. The molecule has 112 valence electrons. The van der Waals surface area contributed by atoms with E-state index in [4.69, 9.17) is 26.7 Å². The van der Waals surface area contributed by atoms with Crippen molar-refractivity contribution in [3.63, 3.8) is 0 Å². The highest BCUT2D eigenvalue weighted by Gasteiger charge is 2.21. The number of carbonyl (C=O) groups excluding carboxylic acids is 1. The van der Waals surface area contributed by atoms with E-state index in [0.29, 0.717) is 3.57 Å². The van der Waals surface area contributed by atoms with Crippen LogP contribution in [0.3, 0.4) is 0 Å². The molecule has 0 fully saturated rings. The fourth-order valence-corrected chi connectivity index (χ4v) is 2.79. The molecule has 6 nitrogen and oxygen atoms in total. The van der Waals surface area contributed by atoms with Crippen molar-refractivity contribution < 1.29 is 19.4 Å². The van der Waals surface area contributed by atoms with Gasteiger partial charge in [0.2, 0.25) is 0 Å². The smallest absolute Gasteiger partial charge is 0.404 e. The SMILES string of the molecule is CC(=O)c1cc(Cl)c(C#N)c(I)c1OC(C)CNC(=O)O. The minimum atomic E-state index is -1.17. The van der Waals surface area contributed by atoms with Crippen LogP contribution in [0.25, 0.3) is 0 Å². The van der Waals surface area contributed by atoms with Crippen molar-refractivity contribution >= 4 is 46.1 Å². The Hall–Kier alpha value is -1.53. The van der Waals surface area contributed by atoms with E-state index in [0.717, 1.165) is 0 Å². The van der Waals surface area contributed by atoms with Crippen LogP contribution >= 0.6 is 34.2 Å². The number of carbonyl (C=O) groups is 2. The lowest BCUT2D eigenvalue weighted by Gasteiger charge is -2.19. The normalized spacial score (nSPS) is 11.4. The number of rotatable bonds is 5. The molecular formula is C13H12ClIN2O4. The maximum Gasteiger partial charge on any atom is 0.404 e. The van der Waals surface area contributed by atoms with Gasteiger partial charge < -0.3 is 15.2 Å². The molecule has 0 aromatic heterocycles. The summed E-state index contributed by atoms with van der Waals surface area (Å²) in [5.41, 5.74) is 0.473. The first-order valence-corrected chi connectivity index (χ1v) is 7.30. The summed E-state index contributed by atoms with van der Waals surface area (Å²) < 4.78 is 6.05. The molecule has 0 radical (unpaired) electrons. The summed E-state index contributed by atoms with van der Waals surface area (Å²) in [4.78, 5) is 22.1. The number of nitrogens with zero attached hydrogens (tertiary/aromatic N) is 1. The number of halogens is 2. The van der Waals surface area contributed by atoms with Crippen LogP contribution in [0.2, 0.25) is 5.02 Å². The monoisotopic (exact) mass is 422 g/mol. The second kappa shape index (κ2) is 7.47. The van der Waals surface area contributed by atoms with Gasteiger partial charge in [-0.1, -0.05) is 11.6 Å². The molecule has 0 spiro atoms. The zero-order valence-electron chi connectivity index (χ0n) is 11.2. The average Bonchev–Trinajstić information content (AvgIpc) is 2.39. The number of ketones is 1. The minimum Gasteiger partial charge on any atom is -0.487 e. The predicted molar refractivity (Wildman–Crippen MR) is 85.0 cm³/mol. The lowest BCUT2D eigenvalue weighted by molar-refractivity contribution is 0.101. The Bertz CT molecular complexity index is 628. The molecule has 21 heavy (non-hydrogen) atoms. The molecule has 0 saturated heterocycles. The summed E-state index contributed by atoms with van der Waals surface area (Å²) in [6, 6.07) is 3.34. The van der Waals surface area contributed by atoms with Gasteiger partial charge in [0.15, 0.2) is 5.78 Å². The van der Waals surface area contributed by atoms with Gasteiger partial charge in [0.25, 0.3) is 0 Å². The number of hydrogen-bond donors (Lipinski definition) is 2. The second-order valence-corrected chi connectivity index (χ2v) is 5.69. The molecule has 2 N–H and O–H groups in total. The van der Waals surface area contributed by atoms with Gasteiger partial charge in [-0.05, 0) is 42.5 Å². The zero-order chi connectivity index (χ0) is 16.2. The van der Waals surface area contributed by atoms with Crippen molar-refractivity contribution in [3.8, 4) is 11.8 Å². The van der Waals surface area contributed by atoms with Crippen molar-refractivity contribution in [3.05, 3.63) is 25.8 Å². The van der Waals surface area contributed by atoms with Crippen LogP contribution in [-0.2, 0) is 0 Å². The van der Waals surface area contributed by atoms with Gasteiger partial charge in [-0.25, -0.2) is 4.79 Å². The largest absolute Gasteiger partial charge is 0.487 e. The predicted octanol–water partition coefficient (Wildman–Crippen LogP) is 3.05. The maximum absolute atomic E-state index is 11.7. The first kappa shape index (κ1) is 17.5. The van der Waals surface area contributed by atoms with Gasteiger partial charge in [-0.15, -0.1) is 0 Å². The molecule has 0 heterocycles. The Kier molecular flexibility index (Phi) is 6.23. The topological polar surface area (TPSA) is 99.4 Å². The van der Waals surface area contributed by atoms with Gasteiger partial charge in [-0.3, -0.25) is 4.79 Å². The molecule has 0 aliphatic heterocycles. The molecule has 1 amide bonds. The number of carboxylic acid groups (broad SMARTS) is 1. The number of ether oxygens (including phenoxy) is 1. The molecule has 1 aromatic rings. The Morgan fingerprint density at radius 3 is 2.71 bits per heavy atom. The summed E-state index contributed by atoms with van der Waals surface area (Å²) in [6.07, 6.45) is -1.68. The van der Waals surface area contributed by atoms with Crippen LogP contribution in [-0.4, -0.2) is 29.6 Å². The second-order valence-electron chi connectivity index (χ2n) is 4.21. The number of amides is 1. The van der Waals surface area contributed by atoms with Crippen molar-refractivity contribution in [1.82, 2.24) is 5.32 Å². The quantitative estimate of drug-likeness (QED) is 0.561. The van der Waals surface area contributed by atoms with Crippen molar-refractivity contribution in [2.45, 2.75) is 20.0 Å². The number of hydrogen-bond acceptors (Lipinski definition) is 4. The Morgan fingerprint density at radius 1 is 1.62 bits per heavy atom. The van der Waals surface area contributed by atoms with E-state index in [-0.39, 0.29) is 34.2 Å². The Balaban J connectivity index is 3.18. The van der Waals surface area contributed by atoms with E-state index in [1.807, 2.05) is 28.7 Å². The first-order valence-electron chi connectivity index (χ1n) is 5.84. The van der Waals surface area contributed by atoms with Gasteiger partial charge >= 0.3 is 6.09 Å². The molecule has 8 heteroatoms. The van der Waals surface area contributed by atoms with Crippen LogP contribution < -0.4 is 10.1 Å².